The molecule has 2 rings (SSSR count). The van der Waals surface area contributed by atoms with Crippen LogP contribution < -0.4 is 20.1 Å². The Hall–Kier alpha value is -2.18. The van der Waals surface area contributed by atoms with Crippen molar-refractivity contribution in [2.24, 2.45) is 4.99 Å². The predicted molar refractivity (Wildman–Crippen MR) is 120 cm³/mol. The summed E-state index contributed by atoms with van der Waals surface area (Å²) in [6.45, 7) is 3.89. The van der Waals surface area contributed by atoms with Crippen LogP contribution in [0.15, 0.2) is 27.7 Å². The highest BCUT2D eigenvalue weighted by Gasteiger charge is 2.16. The Balaban J connectivity index is 0.00000450. The van der Waals surface area contributed by atoms with E-state index in [-0.39, 0.29) is 47.9 Å². The van der Waals surface area contributed by atoms with Crippen LogP contribution in [0, 0.1) is 0 Å². The molecule has 0 amide bonds. The Morgan fingerprint density at radius 1 is 1.27 bits per heavy atom. The molecular weight excluding hydrogens is 511 g/mol. The van der Waals surface area contributed by atoms with Crippen LogP contribution in [0.5, 0.6) is 11.5 Å². The van der Waals surface area contributed by atoms with Crippen LogP contribution in [0.1, 0.15) is 44.0 Å². The average molecular weight is 539 g/mol. The SMILES string of the molecule is CCOc1cccc(CNC(=NC)NCCc2nc(C(C)C)no2)c1OC(F)F.I. The molecule has 8 nitrogen and oxygen atoms in total. The number of halogens is 3. The molecule has 1 heterocycles. The summed E-state index contributed by atoms with van der Waals surface area (Å²) in [5.41, 5.74) is 0.526. The Kier molecular flexibility index (Phi) is 11.4. The largest absolute Gasteiger partial charge is 0.490 e. The monoisotopic (exact) mass is 539 g/mol. The lowest BCUT2D eigenvalue weighted by molar-refractivity contribution is -0.0520. The lowest BCUT2D eigenvalue weighted by atomic mass is 10.2. The van der Waals surface area contributed by atoms with Crippen LogP contribution in [-0.4, -0.2) is 42.9 Å². The fourth-order valence-electron chi connectivity index (χ4n) is 2.48. The van der Waals surface area contributed by atoms with Gasteiger partial charge < -0.3 is 24.6 Å². The van der Waals surface area contributed by atoms with Crippen molar-refractivity contribution in [1.29, 1.82) is 0 Å². The zero-order valence-electron chi connectivity index (χ0n) is 17.4. The number of aliphatic imine (C=N–C) groups is 1. The van der Waals surface area contributed by atoms with Crippen LogP contribution in [0.3, 0.4) is 0 Å². The summed E-state index contributed by atoms with van der Waals surface area (Å²) >= 11 is 0. The van der Waals surface area contributed by atoms with Crippen molar-refractivity contribution in [3.05, 3.63) is 35.5 Å². The van der Waals surface area contributed by atoms with Crippen molar-refractivity contribution >= 4 is 29.9 Å². The molecule has 0 spiro atoms. The van der Waals surface area contributed by atoms with Gasteiger partial charge in [0.1, 0.15) is 0 Å². The second-order valence-corrected chi connectivity index (χ2v) is 6.36. The molecule has 11 heteroatoms. The normalized spacial score (nSPS) is 11.4. The molecule has 0 aliphatic rings. The van der Waals surface area contributed by atoms with E-state index in [0.29, 0.717) is 42.8 Å². The molecule has 168 valence electrons. The lowest BCUT2D eigenvalue weighted by Gasteiger charge is -2.17. The molecule has 0 radical (unpaired) electrons. The first-order chi connectivity index (χ1) is 13.9. The fraction of sp³-hybridized carbons (Fsp3) is 0.526. The third-order valence-corrected chi connectivity index (χ3v) is 3.87. The number of aromatic nitrogens is 2. The maximum atomic E-state index is 12.8. The molecule has 0 aliphatic carbocycles. The summed E-state index contributed by atoms with van der Waals surface area (Å²) in [5, 5.41) is 10.1. The van der Waals surface area contributed by atoms with Gasteiger partial charge in [-0.3, -0.25) is 4.99 Å². The molecule has 1 aromatic carbocycles. The average Bonchev–Trinajstić information content (AvgIpc) is 3.15. The molecule has 30 heavy (non-hydrogen) atoms. The van der Waals surface area contributed by atoms with Crippen LogP contribution in [-0.2, 0) is 13.0 Å². The van der Waals surface area contributed by atoms with E-state index in [1.807, 2.05) is 13.8 Å². The molecule has 0 fully saturated rings. The smallest absolute Gasteiger partial charge is 0.387 e. The molecule has 1 aromatic heterocycles. The van der Waals surface area contributed by atoms with Gasteiger partial charge in [-0.1, -0.05) is 31.1 Å². The van der Waals surface area contributed by atoms with Gasteiger partial charge in [0.25, 0.3) is 0 Å². The predicted octanol–water partition coefficient (Wildman–Crippen LogP) is 3.72. The number of alkyl halides is 2. The molecule has 0 atom stereocenters. The van der Waals surface area contributed by atoms with Gasteiger partial charge in [-0.05, 0) is 13.0 Å². The topological polar surface area (TPSA) is 93.8 Å². The van der Waals surface area contributed by atoms with E-state index >= 15 is 0 Å². The van der Waals surface area contributed by atoms with Gasteiger partial charge in [0.15, 0.2) is 23.3 Å². The van der Waals surface area contributed by atoms with Crippen molar-refractivity contribution in [1.82, 2.24) is 20.8 Å². The highest BCUT2D eigenvalue weighted by Crippen LogP contribution is 2.32. The summed E-state index contributed by atoms with van der Waals surface area (Å²) in [7, 11) is 1.62. The molecule has 0 aliphatic heterocycles. The van der Waals surface area contributed by atoms with Gasteiger partial charge in [-0.25, -0.2) is 0 Å². The van der Waals surface area contributed by atoms with E-state index in [0.717, 1.165) is 0 Å². The number of rotatable bonds is 10. The number of hydrogen-bond donors (Lipinski definition) is 2. The zero-order valence-corrected chi connectivity index (χ0v) is 19.8. The third-order valence-electron chi connectivity index (χ3n) is 3.87. The molecule has 2 aromatic rings. The van der Waals surface area contributed by atoms with Gasteiger partial charge in [0.05, 0.1) is 6.61 Å². The Labute approximate surface area is 191 Å². The minimum absolute atomic E-state index is 0. The maximum Gasteiger partial charge on any atom is 0.387 e. The highest BCUT2D eigenvalue weighted by atomic mass is 127. The van der Waals surface area contributed by atoms with Gasteiger partial charge in [0.2, 0.25) is 5.89 Å². The highest BCUT2D eigenvalue weighted by molar-refractivity contribution is 14.0. The molecule has 0 saturated heterocycles. The van der Waals surface area contributed by atoms with Crippen LogP contribution in [0.2, 0.25) is 0 Å². The number of nitrogens with zero attached hydrogens (tertiary/aromatic N) is 3. The van der Waals surface area contributed by atoms with Crippen molar-refractivity contribution in [2.45, 2.75) is 46.3 Å². The van der Waals surface area contributed by atoms with E-state index < -0.39 is 6.61 Å². The van der Waals surface area contributed by atoms with Gasteiger partial charge in [0, 0.05) is 38.0 Å². The van der Waals surface area contributed by atoms with Gasteiger partial charge >= 0.3 is 6.61 Å². The summed E-state index contributed by atoms with van der Waals surface area (Å²) in [6.07, 6.45) is 0.528. The summed E-state index contributed by atoms with van der Waals surface area (Å²) < 4.78 is 40.9. The molecule has 0 bridgehead atoms. The van der Waals surface area contributed by atoms with Crippen LogP contribution in [0.25, 0.3) is 0 Å². The van der Waals surface area contributed by atoms with E-state index in [2.05, 4.69) is 30.5 Å². The van der Waals surface area contributed by atoms with Gasteiger partial charge in [-0.15, -0.1) is 24.0 Å². The number of guanidine groups is 1. The van der Waals surface area contributed by atoms with Crippen LogP contribution in [0.4, 0.5) is 8.78 Å². The van der Waals surface area contributed by atoms with E-state index in [4.69, 9.17) is 9.26 Å². The lowest BCUT2D eigenvalue weighted by Crippen LogP contribution is -2.38. The minimum Gasteiger partial charge on any atom is -0.490 e. The first-order valence-electron chi connectivity index (χ1n) is 9.41. The van der Waals surface area contributed by atoms with E-state index in [1.165, 1.54) is 0 Å². The number of nitrogens with one attached hydrogen (secondary N) is 2. The molecule has 2 N–H and O–H groups in total. The summed E-state index contributed by atoms with van der Waals surface area (Å²) in [5.74, 6) is 2.19. The zero-order chi connectivity index (χ0) is 21.2. The maximum absolute atomic E-state index is 12.8. The van der Waals surface area contributed by atoms with Crippen molar-refractivity contribution in [3.8, 4) is 11.5 Å². The summed E-state index contributed by atoms with van der Waals surface area (Å²) in [6, 6.07) is 5.00. The minimum atomic E-state index is -2.95. The summed E-state index contributed by atoms with van der Waals surface area (Å²) in [4.78, 5) is 8.44. The Morgan fingerprint density at radius 3 is 2.63 bits per heavy atom. The molecule has 0 saturated carbocycles. The standard InChI is InChI=1S/C19H27F2N5O3.HI/c1-5-27-14-8-6-7-13(16(14)28-18(20)21)11-24-19(22-4)23-10-9-15-25-17(12(2)3)26-29-15;/h6-8,12,18H,5,9-11H2,1-4H3,(H2,22,23,24);1H. The quantitative estimate of drug-likeness (QED) is 0.270. The van der Waals surface area contributed by atoms with E-state index in [9.17, 15) is 8.78 Å². The number of ether oxygens (including phenoxy) is 2. The van der Waals surface area contributed by atoms with E-state index in [1.54, 1.807) is 32.2 Å². The molecular formula is C19H28F2IN5O3. The number of benzene rings is 1. The second-order valence-electron chi connectivity index (χ2n) is 6.36. The molecule has 0 unspecified atom stereocenters. The van der Waals surface area contributed by atoms with Crippen molar-refractivity contribution in [3.63, 3.8) is 0 Å². The first kappa shape index (κ1) is 25.9. The van der Waals surface area contributed by atoms with Crippen molar-refractivity contribution < 1.29 is 22.8 Å². The fourth-order valence-corrected chi connectivity index (χ4v) is 2.48. The number of para-hydroxylation sites is 1. The van der Waals surface area contributed by atoms with Crippen LogP contribution >= 0.6 is 24.0 Å². The first-order valence-corrected chi connectivity index (χ1v) is 9.41. The van der Waals surface area contributed by atoms with Gasteiger partial charge in [-0.2, -0.15) is 13.8 Å². The van der Waals surface area contributed by atoms with Crippen molar-refractivity contribution in [2.75, 3.05) is 20.2 Å². The Bertz CT molecular complexity index is 802. The number of hydrogen-bond acceptors (Lipinski definition) is 6. The Morgan fingerprint density at radius 2 is 2.03 bits per heavy atom. The second kappa shape index (κ2) is 13.2. The third kappa shape index (κ3) is 7.92.